The van der Waals surface area contributed by atoms with Crippen molar-refractivity contribution in [3.05, 3.63) is 27.6 Å². The molecule has 0 atom stereocenters. The van der Waals surface area contributed by atoms with Gasteiger partial charge in [0.05, 0.1) is 5.69 Å². The molecule has 0 spiro atoms. The lowest BCUT2D eigenvalue weighted by atomic mass is 10.3. The van der Waals surface area contributed by atoms with Crippen LogP contribution in [0.2, 0.25) is 0 Å². The first-order chi connectivity index (χ1) is 5.24. The van der Waals surface area contributed by atoms with Crippen LogP contribution in [0.25, 0.3) is 0 Å². The van der Waals surface area contributed by atoms with Crippen LogP contribution in [0.15, 0.2) is 18.2 Å². The van der Waals surface area contributed by atoms with Crippen LogP contribution >= 0.6 is 22.6 Å². The van der Waals surface area contributed by atoms with Crippen molar-refractivity contribution in [1.29, 1.82) is 0 Å². The Bertz CT molecular complexity index is 250. The zero-order chi connectivity index (χ0) is 8.27. The lowest BCUT2D eigenvalue weighted by Gasteiger charge is -2.03. The van der Waals surface area contributed by atoms with Crippen LogP contribution in [-0.4, -0.2) is 6.54 Å². The summed E-state index contributed by atoms with van der Waals surface area (Å²) in [6, 6.07) is 5.14. The van der Waals surface area contributed by atoms with Gasteiger partial charge in [-0.3, -0.25) is 0 Å². The summed E-state index contributed by atoms with van der Waals surface area (Å²) in [4.78, 5) is 0. The van der Waals surface area contributed by atoms with Crippen molar-refractivity contribution in [2.45, 2.75) is 6.92 Å². The lowest BCUT2D eigenvalue weighted by molar-refractivity contribution is 0.629. The van der Waals surface area contributed by atoms with Crippen LogP contribution in [0.3, 0.4) is 0 Å². The quantitative estimate of drug-likeness (QED) is 0.811. The van der Waals surface area contributed by atoms with E-state index in [1.165, 1.54) is 6.07 Å². The normalized spacial score (nSPS) is 9.73. The van der Waals surface area contributed by atoms with E-state index in [9.17, 15) is 4.39 Å². The summed E-state index contributed by atoms with van der Waals surface area (Å²) in [5.74, 6) is -0.182. The van der Waals surface area contributed by atoms with Crippen molar-refractivity contribution in [2.24, 2.45) is 0 Å². The SMILES string of the molecule is CCNc1ccc(I)cc1F. The Morgan fingerprint density at radius 2 is 2.27 bits per heavy atom. The molecule has 0 aliphatic carbocycles. The summed E-state index contributed by atoms with van der Waals surface area (Å²) in [5.41, 5.74) is 0.577. The summed E-state index contributed by atoms with van der Waals surface area (Å²) < 4.78 is 13.9. The molecule has 1 N–H and O–H groups in total. The van der Waals surface area contributed by atoms with Crippen molar-refractivity contribution in [3.8, 4) is 0 Å². The molecule has 60 valence electrons. The minimum atomic E-state index is -0.182. The van der Waals surface area contributed by atoms with Gasteiger partial charge in [0.15, 0.2) is 0 Å². The monoisotopic (exact) mass is 265 g/mol. The second-order valence-corrected chi connectivity index (χ2v) is 3.40. The van der Waals surface area contributed by atoms with Crippen LogP contribution in [0, 0.1) is 9.39 Å². The van der Waals surface area contributed by atoms with Gasteiger partial charge in [-0.2, -0.15) is 0 Å². The largest absolute Gasteiger partial charge is 0.383 e. The van der Waals surface area contributed by atoms with Gasteiger partial charge in [0.1, 0.15) is 5.82 Å². The van der Waals surface area contributed by atoms with E-state index in [0.717, 1.165) is 10.1 Å². The Morgan fingerprint density at radius 3 is 2.82 bits per heavy atom. The number of halogens is 2. The molecule has 0 aliphatic rings. The maximum atomic E-state index is 13.0. The zero-order valence-corrected chi connectivity index (χ0v) is 8.35. The molecule has 0 radical (unpaired) electrons. The van der Waals surface area contributed by atoms with Crippen molar-refractivity contribution < 1.29 is 4.39 Å². The Balaban J connectivity index is 2.90. The molecule has 0 saturated heterocycles. The summed E-state index contributed by atoms with van der Waals surface area (Å²) in [6.45, 7) is 2.69. The predicted octanol–water partition coefficient (Wildman–Crippen LogP) is 2.86. The fourth-order valence-electron chi connectivity index (χ4n) is 0.823. The third-order valence-electron chi connectivity index (χ3n) is 1.30. The third kappa shape index (κ3) is 2.32. The van der Waals surface area contributed by atoms with E-state index in [1.54, 1.807) is 6.07 Å². The van der Waals surface area contributed by atoms with Gasteiger partial charge in [-0.05, 0) is 47.7 Å². The van der Waals surface area contributed by atoms with Crippen LogP contribution in [0.5, 0.6) is 0 Å². The van der Waals surface area contributed by atoms with Crippen molar-refractivity contribution >= 4 is 28.3 Å². The Hall–Kier alpha value is -0.320. The molecule has 0 aliphatic heterocycles. The maximum Gasteiger partial charge on any atom is 0.147 e. The van der Waals surface area contributed by atoms with Crippen molar-refractivity contribution in [3.63, 3.8) is 0 Å². The van der Waals surface area contributed by atoms with E-state index in [0.29, 0.717) is 5.69 Å². The highest BCUT2D eigenvalue weighted by molar-refractivity contribution is 14.1. The molecule has 0 unspecified atom stereocenters. The second kappa shape index (κ2) is 3.90. The molecule has 0 heterocycles. The van der Waals surface area contributed by atoms with Gasteiger partial charge in [-0.25, -0.2) is 4.39 Å². The number of hydrogen-bond acceptors (Lipinski definition) is 1. The van der Waals surface area contributed by atoms with Gasteiger partial charge in [0.25, 0.3) is 0 Å². The molecular formula is C8H9FIN. The summed E-state index contributed by atoms with van der Waals surface area (Å²) in [7, 11) is 0. The number of hydrogen-bond donors (Lipinski definition) is 1. The van der Waals surface area contributed by atoms with Crippen LogP contribution < -0.4 is 5.32 Å². The lowest BCUT2D eigenvalue weighted by Crippen LogP contribution is -1.98. The second-order valence-electron chi connectivity index (χ2n) is 2.15. The van der Waals surface area contributed by atoms with Gasteiger partial charge in [0, 0.05) is 10.1 Å². The van der Waals surface area contributed by atoms with Gasteiger partial charge < -0.3 is 5.32 Å². The highest BCUT2D eigenvalue weighted by Gasteiger charge is 1.99. The van der Waals surface area contributed by atoms with E-state index in [-0.39, 0.29) is 5.82 Å². The average molecular weight is 265 g/mol. The van der Waals surface area contributed by atoms with E-state index < -0.39 is 0 Å². The standard InChI is InChI=1S/C8H9FIN/c1-2-11-8-4-3-6(10)5-7(8)9/h3-5,11H,2H2,1H3. The Labute approximate surface area is 79.1 Å². The third-order valence-corrected chi connectivity index (χ3v) is 1.97. The fourth-order valence-corrected chi connectivity index (χ4v) is 1.28. The van der Waals surface area contributed by atoms with Gasteiger partial charge >= 0.3 is 0 Å². The van der Waals surface area contributed by atoms with E-state index in [1.807, 2.05) is 13.0 Å². The average Bonchev–Trinajstić information content (AvgIpc) is 1.95. The molecule has 0 bridgehead atoms. The van der Waals surface area contributed by atoms with Crippen molar-refractivity contribution in [2.75, 3.05) is 11.9 Å². The predicted molar refractivity (Wildman–Crippen MR) is 53.3 cm³/mol. The molecule has 0 saturated carbocycles. The maximum absolute atomic E-state index is 13.0. The molecule has 1 aromatic carbocycles. The molecule has 3 heteroatoms. The van der Waals surface area contributed by atoms with Gasteiger partial charge in [0.2, 0.25) is 0 Å². The van der Waals surface area contributed by atoms with Gasteiger partial charge in [-0.1, -0.05) is 0 Å². The minimum absolute atomic E-state index is 0.182. The van der Waals surface area contributed by atoms with E-state index in [2.05, 4.69) is 27.9 Å². The molecule has 1 aromatic rings. The summed E-state index contributed by atoms with van der Waals surface area (Å²) >= 11 is 2.08. The fraction of sp³-hybridized carbons (Fsp3) is 0.250. The van der Waals surface area contributed by atoms with E-state index >= 15 is 0 Å². The highest BCUT2D eigenvalue weighted by atomic mass is 127. The Morgan fingerprint density at radius 1 is 1.55 bits per heavy atom. The van der Waals surface area contributed by atoms with E-state index in [4.69, 9.17) is 0 Å². The molecule has 1 rings (SSSR count). The van der Waals surface area contributed by atoms with Crippen LogP contribution in [-0.2, 0) is 0 Å². The van der Waals surface area contributed by atoms with Gasteiger partial charge in [-0.15, -0.1) is 0 Å². The first-order valence-corrected chi connectivity index (χ1v) is 4.51. The number of nitrogens with one attached hydrogen (secondary N) is 1. The molecule has 0 amide bonds. The smallest absolute Gasteiger partial charge is 0.147 e. The van der Waals surface area contributed by atoms with Crippen molar-refractivity contribution in [1.82, 2.24) is 0 Å². The molecule has 11 heavy (non-hydrogen) atoms. The zero-order valence-electron chi connectivity index (χ0n) is 6.20. The number of rotatable bonds is 2. The number of anilines is 1. The van der Waals surface area contributed by atoms with Crippen LogP contribution in [0.4, 0.5) is 10.1 Å². The molecular weight excluding hydrogens is 256 g/mol. The molecule has 0 aromatic heterocycles. The Kier molecular flexibility index (Phi) is 3.11. The first-order valence-electron chi connectivity index (χ1n) is 3.43. The molecule has 0 fully saturated rings. The summed E-state index contributed by atoms with van der Waals surface area (Å²) in [6.07, 6.45) is 0. The van der Waals surface area contributed by atoms with Crippen LogP contribution in [0.1, 0.15) is 6.92 Å². The topological polar surface area (TPSA) is 12.0 Å². The highest BCUT2D eigenvalue weighted by Crippen LogP contribution is 2.16. The summed E-state index contributed by atoms with van der Waals surface area (Å²) in [5, 5.41) is 2.92. The minimum Gasteiger partial charge on any atom is -0.383 e. The molecule has 1 nitrogen and oxygen atoms in total. The first kappa shape index (κ1) is 8.77. The number of benzene rings is 1.